The maximum atomic E-state index is 12.0. The van der Waals surface area contributed by atoms with Gasteiger partial charge in [0.15, 0.2) is 0 Å². The zero-order valence-electron chi connectivity index (χ0n) is 12.4. The molecular formula is C16H26N2O. The van der Waals surface area contributed by atoms with E-state index in [9.17, 15) is 4.79 Å². The Hall–Kier alpha value is -1.35. The third-order valence-electron chi connectivity index (χ3n) is 3.74. The van der Waals surface area contributed by atoms with E-state index in [2.05, 4.69) is 31.3 Å². The van der Waals surface area contributed by atoms with Crippen LogP contribution >= 0.6 is 0 Å². The summed E-state index contributed by atoms with van der Waals surface area (Å²) in [4.78, 5) is 12.0. The molecule has 0 aliphatic heterocycles. The highest BCUT2D eigenvalue weighted by molar-refractivity contribution is 5.82. The number of hydrogen-bond acceptors (Lipinski definition) is 2. The van der Waals surface area contributed by atoms with Crippen molar-refractivity contribution >= 4 is 5.91 Å². The fourth-order valence-electron chi connectivity index (χ4n) is 2.07. The van der Waals surface area contributed by atoms with Crippen molar-refractivity contribution in [2.24, 2.45) is 11.7 Å². The Morgan fingerprint density at radius 2 is 1.95 bits per heavy atom. The first kappa shape index (κ1) is 15.7. The molecule has 1 rings (SSSR count). The molecule has 0 radical (unpaired) electrons. The average molecular weight is 262 g/mol. The third kappa shape index (κ3) is 4.67. The lowest BCUT2D eigenvalue weighted by molar-refractivity contribution is -0.124. The zero-order valence-corrected chi connectivity index (χ0v) is 12.4. The monoisotopic (exact) mass is 262 g/mol. The molecule has 1 aromatic rings. The molecule has 0 bridgehead atoms. The molecule has 3 unspecified atom stereocenters. The molecule has 1 amide bonds. The quantitative estimate of drug-likeness (QED) is 0.827. The minimum Gasteiger partial charge on any atom is -0.352 e. The van der Waals surface area contributed by atoms with Crippen molar-refractivity contribution in [2.45, 2.75) is 52.6 Å². The van der Waals surface area contributed by atoms with Crippen LogP contribution in [0.25, 0.3) is 0 Å². The first-order valence-electron chi connectivity index (χ1n) is 7.06. The molecule has 0 fully saturated rings. The van der Waals surface area contributed by atoms with Crippen LogP contribution in [0.1, 0.15) is 38.3 Å². The predicted octanol–water partition coefficient (Wildman–Crippen LogP) is 2.42. The van der Waals surface area contributed by atoms with Crippen molar-refractivity contribution in [1.29, 1.82) is 0 Å². The van der Waals surface area contributed by atoms with E-state index >= 15 is 0 Å². The second kappa shape index (κ2) is 7.29. The summed E-state index contributed by atoms with van der Waals surface area (Å²) in [5.74, 6) is 0.168. The van der Waals surface area contributed by atoms with Crippen LogP contribution in [0.5, 0.6) is 0 Å². The van der Waals surface area contributed by atoms with E-state index < -0.39 is 6.04 Å². The molecule has 3 heteroatoms. The number of aryl methyl sites for hydroxylation is 1. The maximum Gasteiger partial charge on any atom is 0.237 e. The van der Waals surface area contributed by atoms with E-state index in [4.69, 9.17) is 5.73 Å². The van der Waals surface area contributed by atoms with Gasteiger partial charge >= 0.3 is 0 Å². The highest BCUT2D eigenvalue weighted by atomic mass is 16.2. The summed E-state index contributed by atoms with van der Waals surface area (Å²) in [5, 5.41) is 3.01. The zero-order chi connectivity index (χ0) is 14.4. The molecule has 19 heavy (non-hydrogen) atoms. The maximum absolute atomic E-state index is 12.0. The van der Waals surface area contributed by atoms with E-state index in [0.717, 1.165) is 12.8 Å². The molecular weight excluding hydrogens is 236 g/mol. The van der Waals surface area contributed by atoms with Crippen LogP contribution in [0.15, 0.2) is 24.3 Å². The van der Waals surface area contributed by atoms with Crippen LogP contribution in [0, 0.1) is 12.8 Å². The van der Waals surface area contributed by atoms with Gasteiger partial charge in [-0.3, -0.25) is 4.79 Å². The summed E-state index contributed by atoms with van der Waals surface area (Å²) in [7, 11) is 0. The van der Waals surface area contributed by atoms with E-state index in [-0.39, 0.29) is 17.9 Å². The van der Waals surface area contributed by atoms with Crippen molar-refractivity contribution in [2.75, 3.05) is 0 Å². The summed E-state index contributed by atoms with van der Waals surface area (Å²) < 4.78 is 0. The van der Waals surface area contributed by atoms with Gasteiger partial charge in [-0.1, -0.05) is 44.5 Å². The molecule has 0 aromatic heterocycles. The van der Waals surface area contributed by atoms with Crippen LogP contribution in [0.2, 0.25) is 0 Å². The number of benzene rings is 1. The van der Waals surface area contributed by atoms with Gasteiger partial charge in [0.2, 0.25) is 5.91 Å². The number of nitrogens with two attached hydrogens (primary N) is 1. The SMILES string of the molecule is CCC(C)C(N)C(=O)NC(C)Cc1ccccc1C. The van der Waals surface area contributed by atoms with Crippen molar-refractivity contribution < 1.29 is 4.79 Å². The van der Waals surface area contributed by atoms with Gasteiger partial charge in [0.1, 0.15) is 0 Å². The number of rotatable bonds is 6. The summed E-state index contributed by atoms with van der Waals surface area (Å²) in [5.41, 5.74) is 8.46. The van der Waals surface area contributed by atoms with Crippen molar-refractivity contribution in [3.05, 3.63) is 35.4 Å². The molecule has 106 valence electrons. The van der Waals surface area contributed by atoms with Gasteiger partial charge in [0.25, 0.3) is 0 Å². The van der Waals surface area contributed by atoms with Crippen LogP contribution in [0.3, 0.4) is 0 Å². The lowest BCUT2D eigenvalue weighted by Gasteiger charge is -2.21. The lowest BCUT2D eigenvalue weighted by Crippen LogP contribution is -2.48. The molecule has 0 saturated heterocycles. The van der Waals surface area contributed by atoms with Crippen molar-refractivity contribution in [1.82, 2.24) is 5.32 Å². The molecule has 0 aliphatic carbocycles. The molecule has 0 saturated carbocycles. The van der Waals surface area contributed by atoms with Crippen molar-refractivity contribution in [3.8, 4) is 0 Å². The number of carbonyl (C=O) groups excluding carboxylic acids is 1. The van der Waals surface area contributed by atoms with E-state index in [1.54, 1.807) is 0 Å². The number of amides is 1. The smallest absolute Gasteiger partial charge is 0.237 e. The van der Waals surface area contributed by atoms with Gasteiger partial charge in [-0.2, -0.15) is 0 Å². The summed E-state index contributed by atoms with van der Waals surface area (Å²) in [6.45, 7) is 8.17. The van der Waals surface area contributed by atoms with Crippen molar-refractivity contribution in [3.63, 3.8) is 0 Å². The number of carbonyl (C=O) groups is 1. The second-order valence-electron chi connectivity index (χ2n) is 5.45. The topological polar surface area (TPSA) is 55.1 Å². The van der Waals surface area contributed by atoms with Gasteiger partial charge in [-0.15, -0.1) is 0 Å². The Kier molecular flexibility index (Phi) is 6.03. The summed E-state index contributed by atoms with van der Waals surface area (Å²) in [6, 6.07) is 7.94. The minimum atomic E-state index is -0.413. The lowest BCUT2D eigenvalue weighted by atomic mass is 9.98. The fraction of sp³-hybridized carbons (Fsp3) is 0.562. The van der Waals surface area contributed by atoms with Crippen LogP contribution < -0.4 is 11.1 Å². The van der Waals surface area contributed by atoms with Gasteiger partial charge < -0.3 is 11.1 Å². The predicted molar refractivity (Wildman–Crippen MR) is 79.9 cm³/mol. The molecule has 1 aromatic carbocycles. The third-order valence-corrected chi connectivity index (χ3v) is 3.74. The highest BCUT2D eigenvalue weighted by Crippen LogP contribution is 2.10. The second-order valence-corrected chi connectivity index (χ2v) is 5.45. The van der Waals surface area contributed by atoms with Gasteiger partial charge in [0.05, 0.1) is 6.04 Å². The van der Waals surface area contributed by atoms with E-state index in [0.29, 0.717) is 0 Å². The average Bonchev–Trinajstić information content (AvgIpc) is 2.39. The Bertz CT molecular complexity index is 417. The van der Waals surface area contributed by atoms with Crippen LogP contribution in [0.4, 0.5) is 0 Å². The molecule has 0 spiro atoms. The summed E-state index contributed by atoms with van der Waals surface area (Å²) >= 11 is 0. The van der Waals surface area contributed by atoms with Crippen LogP contribution in [-0.2, 0) is 11.2 Å². The van der Waals surface area contributed by atoms with Crippen LogP contribution in [-0.4, -0.2) is 18.0 Å². The molecule has 3 nitrogen and oxygen atoms in total. The molecule has 0 heterocycles. The standard InChI is InChI=1S/C16H26N2O/c1-5-11(2)15(17)16(19)18-13(4)10-14-9-7-6-8-12(14)3/h6-9,11,13,15H,5,10,17H2,1-4H3,(H,18,19). The Morgan fingerprint density at radius 1 is 1.32 bits per heavy atom. The van der Waals surface area contributed by atoms with E-state index in [1.807, 2.05) is 26.0 Å². The first-order chi connectivity index (χ1) is 8.95. The Labute approximate surface area is 116 Å². The Morgan fingerprint density at radius 3 is 2.53 bits per heavy atom. The van der Waals surface area contributed by atoms with Gasteiger partial charge in [-0.25, -0.2) is 0 Å². The fourth-order valence-corrected chi connectivity index (χ4v) is 2.07. The normalized spacial score (nSPS) is 15.6. The highest BCUT2D eigenvalue weighted by Gasteiger charge is 2.20. The molecule has 3 atom stereocenters. The first-order valence-corrected chi connectivity index (χ1v) is 7.06. The van der Waals surface area contributed by atoms with Gasteiger partial charge in [0, 0.05) is 6.04 Å². The molecule has 0 aliphatic rings. The number of hydrogen-bond donors (Lipinski definition) is 2. The van der Waals surface area contributed by atoms with Gasteiger partial charge in [-0.05, 0) is 37.3 Å². The molecule has 3 N–H and O–H groups in total. The van der Waals surface area contributed by atoms with E-state index in [1.165, 1.54) is 11.1 Å². The Balaban J connectivity index is 2.54. The minimum absolute atomic E-state index is 0.0459. The largest absolute Gasteiger partial charge is 0.352 e. The summed E-state index contributed by atoms with van der Waals surface area (Å²) in [6.07, 6.45) is 1.76. The number of nitrogens with one attached hydrogen (secondary N) is 1.